The van der Waals surface area contributed by atoms with E-state index in [9.17, 15) is 9.59 Å². The molecular weight excluding hydrogens is 452 g/mol. The van der Waals surface area contributed by atoms with E-state index in [2.05, 4.69) is 20.0 Å². The Kier molecular flexibility index (Phi) is 6.28. The molecule has 182 valence electrons. The fourth-order valence-corrected chi connectivity index (χ4v) is 5.96. The molecule has 0 spiro atoms. The average molecular weight is 485 g/mol. The van der Waals surface area contributed by atoms with Gasteiger partial charge in [-0.15, -0.1) is 11.3 Å². The van der Waals surface area contributed by atoms with E-state index >= 15 is 0 Å². The molecule has 0 aromatic carbocycles. The molecule has 9 nitrogen and oxygen atoms in total. The second kappa shape index (κ2) is 9.22. The normalized spacial score (nSPS) is 17.3. The lowest BCUT2D eigenvalue weighted by Crippen LogP contribution is -2.48. The van der Waals surface area contributed by atoms with Crippen molar-refractivity contribution in [3.05, 3.63) is 38.3 Å². The first-order chi connectivity index (χ1) is 16.3. The summed E-state index contributed by atoms with van der Waals surface area (Å²) in [6.45, 7) is 9.51. The van der Waals surface area contributed by atoms with Crippen molar-refractivity contribution in [2.24, 2.45) is 0 Å². The second-order valence-corrected chi connectivity index (χ2v) is 11.4. The van der Waals surface area contributed by atoms with Crippen LogP contribution in [0.5, 0.6) is 0 Å². The summed E-state index contributed by atoms with van der Waals surface area (Å²) < 4.78 is 5.30. The summed E-state index contributed by atoms with van der Waals surface area (Å²) in [6, 6.07) is 0. The number of fused-ring (bicyclic) bond motifs is 3. The van der Waals surface area contributed by atoms with E-state index in [1.165, 1.54) is 16.9 Å². The van der Waals surface area contributed by atoms with Gasteiger partial charge in [-0.3, -0.25) is 14.5 Å². The Morgan fingerprint density at radius 3 is 2.62 bits per heavy atom. The highest BCUT2D eigenvalue weighted by Gasteiger charge is 2.25. The monoisotopic (exact) mass is 484 g/mol. The van der Waals surface area contributed by atoms with Crippen LogP contribution in [0.3, 0.4) is 0 Å². The maximum atomic E-state index is 12.8. The number of amides is 1. The predicted octanol–water partition coefficient (Wildman–Crippen LogP) is 2.82. The van der Waals surface area contributed by atoms with Crippen LogP contribution < -0.4 is 5.56 Å². The van der Waals surface area contributed by atoms with Crippen molar-refractivity contribution < 1.29 is 9.32 Å². The van der Waals surface area contributed by atoms with E-state index < -0.39 is 0 Å². The third-order valence-corrected chi connectivity index (χ3v) is 7.85. The summed E-state index contributed by atoms with van der Waals surface area (Å²) in [7, 11) is 0. The standard InChI is InChI=1S/C24H32N6O3S/c1-24(2,3)23-27-18(33-28-23)8-9-19(31)30-12-10-29(11-13-30)14-17-25-21(32)20-15-6-4-5-7-16(15)34-22(20)26-17/h4-14H2,1-3H3,(H,25,26,32). The van der Waals surface area contributed by atoms with Gasteiger partial charge in [-0.25, -0.2) is 4.98 Å². The molecule has 4 heterocycles. The minimum absolute atomic E-state index is 0.0103. The van der Waals surface area contributed by atoms with Crippen LogP contribution in [0.2, 0.25) is 0 Å². The number of hydrogen-bond donors (Lipinski definition) is 1. The van der Waals surface area contributed by atoms with Crippen molar-refractivity contribution in [1.82, 2.24) is 29.9 Å². The number of thiophene rings is 1. The van der Waals surface area contributed by atoms with Crippen LogP contribution >= 0.6 is 11.3 Å². The minimum atomic E-state index is -0.172. The minimum Gasteiger partial charge on any atom is -0.340 e. The fraction of sp³-hybridized carbons (Fsp3) is 0.625. The van der Waals surface area contributed by atoms with Crippen LogP contribution in [0.4, 0.5) is 0 Å². The topological polar surface area (TPSA) is 108 Å². The van der Waals surface area contributed by atoms with Gasteiger partial charge >= 0.3 is 0 Å². The first-order valence-corrected chi connectivity index (χ1v) is 13.0. The van der Waals surface area contributed by atoms with Crippen LogP contribution in [0.1, 0.15) is 68.0 Å². The molecule has 3 aromatic rings. The van der Waals surface area contributed by atoms with Gasteiger partial charge in [-0.2, -0.15) is 4.98 Å². The van der Waals surface area contributed by atoms with Crippen molar-refractivity contribution in [3.63, 3.8) is 0 Å². The van der Waals surface area contributed by atoms with Gasteiger partial charge in [0.15, 0.2) is 5.82 Å². The highest BCUT2D eigenvalue weighted by Crippen LogP contribution is 2.33. The molecule has 0 bridgehead atoms. The highest BCUT2D eigenvalue weighted by atomic mass is 32.1. The summed E-state index contributed by atoms with van der Waals surface area (Å²) in [6.07, 6.45) is 5.21. The van der Waals surface area contributed by atoms with E-state index in [0.717, 1.165) is 42.6 Å². The van der Waals surface area contributed by atoms with Gasteiger partial charge in [0.05, 0.1) is 11.9 Å². The molecule has 3 aromatic heterocycles. The Morgan fingerprint density at radius 2 is 1.88 bits per heavy atom. The van der Waals surface area contributed by atoms with Crippen molar-refractivity contribution in [2.45, 2.75) is 71.3 Å². The molecule has 34 heavy (non-hydrogen) atoms. The van der Waals surface area contributed by atoms with Crippen LogP contribution in [-0.2, 0) is 36.0 Å². The van der Waals surface area contributed by atoms with Crippen LogP contribution in [0, 0.1) is 0 Å². The summed E-state index contributed by atoms with van der Waals surface area (Å²) >= 11 is 1.68. The molecule has 1 saturated heterocycles. The predicted molar refractivity (Wildman–Crippen MR) is 130 cm³/mol. The molecular formula is C24H32N6O3S. The van der Waals surface area contributed by atoms with E-state index in [4.69, 9.17) is 9.51 Å². The molecule has 2 aliphatic rings. The molecule has 1 N–H and O–H groups in total. The van der Waals surface area contributed by atoms with E-state index in [1.54, 1.807) is 11.3 Å². The third-order valence-electron chi connectivity index (χ3n) is 6.66. The van der Waals surface area contributed by atoms with Gasteiger partial charge in [0.25, 0.3) is 5.56 Å². The zero-order valence-corrected chi connectivity index (χ0v) is 21.0. The maximum absolute atomic E-state index is 12.8. The number of H-pyrrole nitrogens is 1. The lowest BCUT2D eigenvalue weighted by molar-refractivity contribution is -0.133. The number of carbonyl (C=O) groups is 1. The Morgan fingerprint density at radius 1 is 1.12 bits per heavy atom. The van der Waals surface area contributed by atoms with Crippen molar-refractivity contribution in [3.8, 4) is 0 Å². The lowest BCUT2D eigenvalue weighted by Gasteiger charge is -2.34. The number of aromatic amines is 1. The van der Waals surface area contributed by atoms with Gasteiger partial charge in [0.2, 0.25) is 11.8 Å². The largest absolute Gasteiger partial charge is 0.340 e. The molecule has 1 amide bonds. The summed E-state index contributed by atoms with van der Waals surface area (Å²) in [5.74, 6) is 1.99. The molecule has 0 unspecified atom stereocenters. The van der Waals surface area contributed by atoms with Gasteiger partial charge < -0.3 is 14.4 Å². The number of carbonyl (C=O) groups excluding carboxylic acids is 1. The number of nitrogens with one attached hydrogen (secondary N) is 1. The molecule has 1 fully saturated rings. The quantitative estimate of drug-likeness (QED) is 0.593. The number of aryl methyl sites for hydroxylation is 3. The Hall–Kier alpha value is -2.59. The summed E-state index contributed by atoms with van der Waals surface area (Å²) in [4.78, 5) is 44.0. The number of rotatable bonds is 5. The molecule has 1 aliphatic heterocycles. The molecule has 1 aliphatic carbocycles. The lowest BCUT2D eigenvalue weighted by atomic mass is 9.96. The van der Waals surface area contributed by atoms with Crippen molar-refractivity contribution in [2.75, 3.05) is 26.2 Å². The zero-order valence-electron chi connectivity index (χ0n) is 20.1. The second-order valence-electron chi connectivity index (χ2n) is 10.3. The number of nitrogens with zero attached hydrogens (tertiary/aromatic N) is 5. The summed E-state index contributed by atoms with van der Waals surface area (Å²) in [5.41, 5.74) is 1.03. The third kappa shape index (κ3) is 4.79. The molecule has 5 rings (SSSR count). The van der Waals surface area contributed by atoms with Crippen molar-refractivity contribution >= 4 is 27.5 Å². The first-order valence-electron chi connectivity index (χ1n) is 12.1. The summed E-state index contributed by atoms with van der Waals surface area (Å²) in [5, 5.41) is 4.82. The van der Waals surface area contributed by atoms with Crippen LogP contribution in [0.15, 0.2) is 9.32 Å². The number of piperazine rings is 1. The van der Waals surface area contributed by atoms with E-state index in [1.807, 2.05) is 25.7 Å². The van der Waals surface area contributed by atoms with Gasteiger partial charge in [0, 0.05) is 49.3 Å². The molecule has 0 saturated carbocycles. The van der Waals surface area contributed by atoms with Gasteiger partial charge in [0.1, 0.15) is 10.7 Å². The molecule has 0 radical (unpaired) electrons. The Labute approximate surface area is 202 Å². The average Bonchev–Trinajstić information content (AvgIpc) is 3.43. The van der Waals surface area contributed by atoms with E-state index in [-0.39, 0.29) is 16.9 Å². The van der Waals surface area contributed by atoms with Crippen molar-refractivity contribution in [1.29, 1.82) is 0 Å². The maximum Gasteiger partial charge on any atom is 0.259 e. The fourth-order valence-electron chi connectivity index (χ4n) is 4.68. The molecule has 10 heteroatoms. The van der Waals surface area contributed by atoms with Gasteiger partial charge in [-0.1, -0.05) is 25.9 Å². The number of hydrogen-bond acceptors (Lipinski definition) is 8. The zero-order chi connectivity index (χ0) is 23.9. The highest BCUT2D eigenvalue weighted by molar-refractivity contribution is 7.18. The SMILES string of the molecule is CC(C)(C)c1noc(CCC(=O)N2CCN(Cc3nc4sc5c(c4c(=O)[nH]3)CCCC5)CC2)n1. The Balaban J connectivity index is 1.15. The Bertz CT molecular complexity index is 1250. The van der Waals surface area contributed by atoms with Crippen LogP contribution in [0.25, 0.3) is 10.2 Å². The van der Waals surface area contributed by atoms with E-state index in [0.29, 0.717) is 50.0 Å². The smallest absolute Gasteiger partial charge is 0.259 e. The number of aromatic nitrogens is 4. The molecule has 0 atom stereocenters. The van der Waals surface area contributed by atoms with Crippen LogP contribution in [-0.4, -0.2) is 62.0 Å². The van der Waals surface area contributed by atoms with Gasteiger partial charge in [-0.05, 0) is 31.2 Å². The first kappa shape index (κ1) is 23.2.